The van der Waals surface area contributed by atoms with Crippen molar-refractivity contribution >= 4 is 17.7 Å². The first-order chi connectivity index (χ1) is 10.1. The minimum Gasteiger partial charge on any atom is -0.463 e. The molecule has 2 amide bonds. The lowest BCUT2D eigenvalue weighted by atomic mass is 10.3. The minimum absolute atomic E-state index is 0.227. The van der Waals surface area contributed by atoms with Gasteiger partial charge in [-0.2, -0.15) is 5.06 Å². The number of nitrogens with zero attached hydrogens (tertiary/aromatic N) is 1. The van der Waals surface area contributed by atoms with E-state index in [1.165, 1.54) is 12.1 Å². The van der Waals surface area contributed by atoms with Gasteiger partial charge in [-0.15, -0.1) is 0 Å². The van der Waals surface area contributed by atoms with Crippen molar-refractivity contribution in [2.75, 3.05) is 18.7 Å². The monoisotopic (exact) mass is 298 g/mol. The lowest BCUT2D eigenvalue weighted by molar-refractivity contribution is -0.175. The number of urea groups is 1. The number of alkyl halides is 1. The molecule has 0 aliphatic rings. The molecular formula is C14H19FN2O4. The molecule has 116 valence electrons. The molecule has 1 aromatic carbocycles. The molecule has 0 unspecified atom stereocenters. The Morgan fingerprint density at radius 2 is 1.90 bits per heavy atom. The summed E-state index contributed by atoms with van der Waals surface area (Å²) in [6.07, 6.45) is 0.896. The molecule has 21 heavy (non-hydrogen) atoms. The second-order valence-corrected chi connectivity index (χ2v) is 4.12. The standard InChI is InChI=1S/C14H19FN2O4/c1-3-5-13(18)21-17(4-2)14(19)16-11-6-8-12(9-7-11)20-10-15/h6-9H,3-5,10H2,1-2H3,(H,16,19). The van der Waals surface area contributed by atoms with E-state index < -0.39 is 18.9 Å². The highest BCUT2D eigenvalue weighted by Gasteiger charge is 2.16. The Morgan fingerprint density at radius 1 is 1.24 bits per heavy atom. The molecule has 0 heterocycles. The average Bonchev–Trinajstić information content (AvgIpc) is 2.47. The number of anilines is 1. The van der Waals surface area contributed by atoms with E-state index in [9.17, 15) is 14.0 Å². The molecule has 0 radical (unpaired) electrons. The average molecular weight is 298 g/mol. The Balaban J connectivity index is 2.58. The fourth-order valence-electron chi connectivity index (χ4n) is 1.51. The Kier molecular flexibility index (Phi) is 7.00. The quantitative estimate of drug-likeness (QED) is 0.819. The molecule has 1 N–H and O–H groups in total. The van der Waals surface area contributed by atoms with Gasteiger partial charge in [-0.3, -0.25) is 0 Å². The van der Waals surface area contributed by atoms with Crippen LogP contribution in [0.15, 0.2) is 24.3 Å². The van der Waals surface area contributed by atoms with Gasteiger partial charge in [0.1, 0.15) is 5.75 Å². The molecule has 0 saturated heterocycles. The van der Waals surface area contributed by atoms with Crippen LogP contribution in [0.25, 0.3) is 0 Å². The summed E-state index contributed by atoms with van der Waals surface area (Å²) in [6.45, 7) is 2.85. The molecule has 1 rings (SSSR count). The number of hydrogen-bond acceptors (Lipinski definition) is 4. The van der Waals surface area contributed by atoms with Crippen LogP contribution < -0.4 is 10.1 Å². The van der Waals surface area contributed by atoms with Gasteiger partial charge >= 0.3 is 12.0 Å². The molecular weight excluding hydrogens is 279 g/mol. The topological polar surface area (TPSA) is 67.9 Å². The van der Waals surface area contributed by atoms with Crippen molar-refractivity contribution in [1.29, 1.82) is 0 Å². The SMILES string of the molecule is CCCC(=O)ON(CC)C(=O)Nc1ccc(OCF)cc1. The van der Waals surface area contributed by atoms with Crippen LogP contribution in [-0.2, 0) is 9.63 Å². The van der Waals surface area contributed by atoms with Crippen molar-refractivity contribution in [1.82, 2.24) is 5.06 Å². The number of amides is 2. The first-order valence-electron chi connectivity index (χ1n) is 6.68. The lowest BCUT2D eigenvalue weighted by Crippen LogP contribution is -2.36. The third-order valence-electron chi connectivity index (χ3n) is 2.51. The molecule has 0 spiro atoms. The van der Waals surface area contributed by atoms with Crippen LogP contribution in [0.2, 0.25) is 0 Å². The van der Waals surface area contributed by atoms with Gasteiger partial charge < -0.3 is 14.9 Å². The Hall–Kier alpha value is -2.31. The fraction of sp³-hybridized carbons (Fsp3) is 0.429. The van der Waals surface area contributed by atoms with Gasteiger partial charge in [-0.25, -0.2) is 14.0 Å². The number of rotatable bonds is 6. The lowest BCUT2D eigenvalue weighted by Gasteiger charge is -2.19. The van der Waals surface area contributed by atoms with Crippen LogP contribution in [0.1, 0.15) is 26.7 Å². The highest BCUT2D eigenvalue weighted by Crippen LogP contribution is 2.16. The smallest absolute Gasteiger partial charge is 0.355 e. The van der Waals surface area contributed by atoms with Gasteiger partial charge in [0.05, 0.1) is 6.54 Å². The van der Waals surface area contributed by atoms with E-state index in [4.69, 9.17) is 4.84 Å². The maximum absolute atomic E-state index is 12.0. The van der Waals surface area contributed by atoms with Gasteiger partial charge in [0.2, 0.25) is 6.86 Å². The summed E-state index contributed by atoms with van der Waals surface area (Å²) in [4.78, 5) is 28.3. The molecule has 6 nitrogen and oxygen atoms in total. The minimum atomic E-state index is -0.914. The molecule has 1 aromatic rings. The fourth-order valence-corrected chi connectivity index (χ4v) is 1.51. The number of carbonyl (C=O) groups excluding carboxylic acids is 2. The summed E-state index contributed by atoms with van der Waals surface area (Å²) in [5.74, 6) is -0.0987. The zero-order chi connectivity index (χ0) is 15.7. The van der Waals surface area contributed by atoms with Crippen molar-refractivity contribution in [2.24, 2.45) is 0 Å². The number of benzene rings is 1. The van der Waals surface area contributed by atoms with E-state index in [2.05, 4.69) is 10.1 Å². The van der Waals surface area contributed by atoms with E-state index in [0.29, 0.717) is 17.9 Å². The van der Waals surface area contributed by atoms with Gasteiger partial charge in [0.15, 0.2) is 0 Å². The third-order valence-corrected chi connectivity index (χ3v) is 2.51. The van der Waals surface area contributed by atoms with Crippen molar-refractivity contribution in [3.05, 3.63) is 24.3 Å². The van der Waals surface area contributed by atoms with E-state index >= 15 is 0 Å². The zero-order valence-corrected chi connectivity index (χ0v) is 12.1. The Labute approximate surface area is 122 Å². The van der Waals surface area contributed by atoms with E-state index in [1.54, 1.807) is 19.1 Å². The second-order valence-electron chi connectivity index (χ2n) is 4.12. The molecule has 0 aliphatic heterocycles. The van der Waals surface area contributed by atoms with Crippen molar-refractivity contribution in [2.45, 2.75) is 26.7 Å². The van der Waals surface area contributed by atoms with Gasteiger partial charge in [-0.1, -0.05) is 6.92 Å². The second kappa shape index (κ2) is 8.78. The first kappa shape index (κ1) is 16.7. The number of carbonyl (C=O) groups is 2. The number of halogens is 1. The number of ether oxygens (including phenoxy) is 1. The summed E-state index contributed by atoms with van der Waals surface area (Å²) >= 11 is 0. The van der Waals surface area contributed by atoms with Crippen LogP contribution in [0.4, 0.5) is 14.9 Å². The van der Waals surface area contributed by atoms with Crippen LogP contribution >= 0.6 is 0 Å². The van der Waals surface area contributed by atoms with Crippen LogP contribution in [-0.4, -0.2) is 30.5 Å². The number of nitrogens with one attached hydrogen (secondary N) is 1. The summed E-state index contributed by atoms with van der Waals surface area (Å²) in [7, 11) is 0. The summed E-state index contributed by atoms with van der Waals surface area (Å²) in [5.41, 5.74) is 0.483. The summed E-state index contributed by atoms with van der Waals surface area (Å²) in [6, 6.07) is 5.61. The van der Waals surface area contributed by atoms with Crippen molar-refractivity contribution in [3.8, 4) is 5.75 Å². The summed E-state index contributed by atoms with van der Waals surface area (Å²) in [5, 5.41) is 3.52. The first-order valence-corrected chi connectivity index (χ1v) is 6.68. The highest BCUT2D eigenvalue weighted by molar-refractivity contribution is 5.89. The van der Waals surface area contributed by atoms with Gasteiger partial charge in [0.25, 0.3) is 0 Å². The Bertz CT molecular complexity index is 465. The van der Waals surface area contributed by atoms with Gasteiger partial charge in [0, 0.05) is 12.1 Å². The van der Waals surface area contributed by atoms with E-state index in [-0.39, 0.29) is 13.0 Å². The van der Waals surface area contributed by atoms with Gasteiger partial charge in [-0.05, 0) is 37.6 Å². The summed E-state index contributed by atoms with van der Waals surface area (Å²) < 4.78 is 16.6. The largest absolute Gasteiger partial charge is 0.463 e. The third kappa shape index (κ3) is 5.68. The number of hydroxylamine groups is 2. The van der Waals surface area contributed by atoms with E-state index in [0.717, 1.165) is 5.06 Å². The molecule has 7 heteroatoms. The Morgan fingerprint density at radius 3 is 2.43 bits per heavy atom. The van der Waals surface area contributed by atoms with Crippen LogP contribution in [0.3, 0.4) is 0 Å². The molecule has 0 aromatic heterocycles. The number of hydrogen-bond donors (Lipinski definition) is 1. The van der Waals surface area contributed by atoms with E-state index in [1.807, 2.05) is 6.92 Å². The molecule has 0 atom stereocenters. The maximum Gasteiger partial charge on any atom is 0.355 e. The normalized spacial score (nSPS) is 9.86. The zero-order valence-electron chi connectivity index (χ0n) is 12.1. The molecule has 0 saturated carbocycles. The predicted molar refractivity (Wildman–Crippen MR) is 75.4 cm³/mol. The van der Waals surface area contributed by atoms with Crippen LogP contribution in [0, 0.1) is 0 Å². The van der Waals surface area contributed by atoms with Crippen LogP contribution in [0.5, 0.6) is 5.75 Å². The van der Waals surface area contributed by atoms with Crippen molar-refractivity contribution < 1.29 is 23.6 Å². The highest BCUT2D eigenvalue weighted by atomic mass is 19.1. The molecule has 0 fully saturated rings. The van der Waals surface area contributed by atoms with Crippen molar-refractivity contribution in [3.63, 3.8) is 0 Å². The molecule has 0 aliphatic carbocycles. The predicted octanol–water partition coefficient (Wildman–Crippen LogP) is 3.10. The molecule has 0 bridgehead atoms. The maximum atomic E-state index is 12.0.